The zero-order chi connectivity index (χ0) is 23.1. The molecule has 0 saturated heterocycles. The molecule has 1 fully saturated rings. The maximum atomic E-state index is 11.6. The average molecular weight is 435 g/mol. The van der Waals surface area contributed by atoms with Gasteiger partial charge in [0.05, 0.1) is 17.8 Å². The number of allylic oxidation sites excluding steroid dienone is 4. The van der Waals surface area contributed by atoms with Crippen molar-refractivity contribution in [2.75, 3.05) is 0 Å². The quantitative estimate of drug-likeness (QED) is 0.399. The van der Waals surface area contributed by atoms with Gasteiger partial charge in [0.1, 0.15) is 0 Å². The Bertz CT molecular complexity index is 696. The summed E-state index contributed by atoms with van der Waals surface area (Å²) in [5, 5.41) is 23.1. The standard InChI is InChI=1S/C26H46O3Si/c1-17(2)21-16-20-15-14-18(3)12-11-13-19(4)23(22(21)24(27)26(20,8)28)29-30(9,10)25(5,6)7/h13-14,20-24,27-28H,1,11-12,15-16H2,2-10H3/b18-14+,19-13+/t20-,21+,22-,23-,24?,26+/m0/s1. The van der Waals surface area contributed by atoms with Crippen molar-refractivity contribution in [1.82, 2.24) is 0 Å². The largest absolute Gasteiger partial charge is 0.410 e. The molecule has 0 aromatic carbocycles. The molecule has 172 valence electrons. The van der Waals surface area contributed by atoms with Crippen molar-refractivity contribution in [2.45, 2.75) is 110 Å². The van der Waals surface area contributed by atoms with Gasteiger partial charge in [0, 0.05) is 5.92 Å². The van der Waals surface area contributed by atoms with Crippen molar-refractivity contribution >= 4 is 8.32 Å². The number of aliphatic hydroxyl groups is 2. The maximum Gasteiger partial charge on any atom is 0.192 e. The topological polar surface area (TPSA) is 49.7 Å². The monoisotopic (exact) mass is 434 g/mol. The molecule has 30 heavy (non-hydrogen) atoms. The molecule has 2 N–H and O–H groups in total. The Morgan fingerprint density at radius 2 is 1.83 bits per heavy atom. The minimum atomic E-state index is -2.09. The highest BCUT2D eigenvalue weighted by atomic mass is 28.4. The average Bonchev–Trinajstić information content (AvgIpc) is 2.59. The molecule has 4 heteroatoms. The maximum absolute atomic E-state index is 11.6. The van der Waals surface area contributed by atoms with Gasteiger partial charge in [-0.25, -0.2) is 0 Å². The lowest BCUT2D eigenvalue weighted by Crippen LogP contribution is -2.61. The third kappa shape index (κ3) is 5.20. The van der Waals surface area contributed by atoms with E-state index in [4.69, 9.17) is 4.43 Å². The van der Waals surface area contributed by atoms with Crippen LogP contribution in [0.5, 0.6) is 0 Å². The van der Waals surface area contributed by atoms with Crippen molar-refractivity contribution in [3.63, 3.8) is 0 Å². The number of hydrogen-bond donors (Lipinski definition) is 2. The van der Waals surface area contributed by atoms with Crippen LogP contribution < -0.4 is 0 Å². The Hall–Kier alpha value is -0.683. The van der Waals surface area contributed by atoms with E-state index in [1.165, 1.54) is 11.1 Å². The highest BCUT2D eigenvalue weighted by Gasteiger charge is 2.54. The zero-order valence-electron chi connectivity index (χ0n) is 20.9. The number of fused-ring (bicyclic) bond motifs is 7. The van der Waals surface area contributed by atoms with Crippen LogP contribution in [-0.4, -0.2) is 36.3 Å². The summed E-state index contributed by atoms with van der Waals surface area (Å²) in [4.78, 5) is 0. The van der Waals surface area contributed by atoms with Crippen molar-refractivity contribution in [3.05, 3.63) is 35.5 Å². The number of hydrogen-bond acceptors (Lipinski definition) is 3. The van der Waals surface area contributed by atoms with Crippen LogP contribution in [0.3, 0.4) is 0 Å². The van der Waals surface area contributed by atoms with Crippen LogP contribution in [0.1, 0.15) is 74.1 Å². The molecule has 6 atom stereocenters. The van der Waals surface area contributed by atoms with Gasteiger partial charge < -0.3 is 14.6 Å². The first-order valence-corrected chi connectivity index (χ1v) is 14.6. The Morgan fingerprint density at radius 3 is 2.37 bits per heavy atom. The lowest BCUT2D eigenvalue weighted by Gasteiger charge is -2.53. The fraction of sp³-hybridized carbons (Fsp3) is 0.769. The highest BCUT2D eigenvalue weighted by Crippen LogP contribution is 2.50. The SMILES string of the molecule is C=C(C)[C@H]1C[C@@H]2C/C=C(\C)CC/C=C(\C)[C@H](O[Si](C)(C)C(C)(C)C)[C@H]1C(O)[C@]2(C)O. The van der Waals surface area contributed by atoms with E-state index < -0.39 is 20.0 Å². The second kappa shape index (κ2) is 9.05. The van der Waals surface area contributed by atoms with Gasteiger partial charge in [0.2, 0.25) is 0 Å². The molecule has 1 unspecified atom stereocenters. The van der Waals surface area contributed by atoms with Gasteiger partial charge in [-0.05, 0) is 88.9 Å². The summed E-state index contributed by atoms with van der Waals surface area (Å²) in [6, 6.07) is 0. The lowest BCUT2D eigenvalue weighted by atomic mass is 9.59. The van der Waals surface area contributed by atoms with E-state index in [-0.39, 0.29) is 28.9 Å². The van der Waals surface area contributed by atoms with Crippen LogP contribution in [0.4, 0.5) is 0 Å². The lowest BCUT2D eigenvalue weighted by molar-refractivity contribution is -0.174. The Morgan fingerprint density at radius 1 is 1.23 bits per heavy atom. The number of aliphatic hydroxyl groups excluding tert-OH is 1. The summed E-state index contributed by atoms with van der Waals surface area (Å²) in [5.41, 5.74) is 2.45. The molecule has 0 aliphatic heterocycles. The minimum absolute atomic E-state index is 0.0117. The number of rotatable bonds is 3. The molecular weight excluding hydrogens is 388 g/mol. The fourth-order valence-corrected chi connectivity index (χ4v) is 6.18. The van der Waals surface area contributed by atoms with E-state index in [9.17, 15) is 10.2 Å². The molecule has 3 rings (SSSR count). The first-order valence-electron chi connectivity index (χ1n) is 11.7. The molecule has 3 aliphatic rings. The van der Waals surface area contributed by atoms with Crippen LogP contribution in [0, 0.1) is 17.8 Å². The van der Waals surface area contributed by atoms with E-state index in [1.54, 1.807) is 0 Å². The Kier molecular flexibility index (Phi) is 7.72. The second-order valence-electron chi connectivity index (χ2n) is 11.7. The van der Waals surface area contributed by atoms with Gasteiger partial charge in [0.25, 0.3) is 0 Å². The van der Waals surface area contributed by atoms with Crippen molar-refractivity contribution in [1.29, 1.82) is 0 Å². The van der Waals surface area contributed by atoms with Crippen molar-refractivity contribution in [3.8, 4) is 0 Å². The second-order valence-corrected chi connectivity index (χ2v) is 16.5. The summed E-state index contributed by atoms with van der Waals surface area (Å²) < 4.78 is 7.00. The minimum Gasteiger partial charge on any atom is -0.410 e. The smallest absolute Gasteiger partial charge is 0.192 e. The van der Waals surface area contributed by atoms with E-state index in [0.717, 1.165) is 31.3 Å². The van der Waals surface area contributed by atoms with Gasteiger partial charge in [-0.1, -0.05) is 50.6 Å². The summed E-state index contributed by atoms with van der Waals surface area (Å²) in [6.45, 7) is 23.8. The van der Waals surface area contributed by atoms with Crippen LogP contribution in [0.25, 0.3) is 0 Å². The van der Waals surface area contributed by atoms with Crippen LogP contribution in [0.15, 0.2) is 35.5 Å². The molecule has 2 bridgehead atoms. The molecule has 0 aromatic heterocycles. The molecule has 3 nitrogen and oxygen atoms in total. The molecule has 3 aliphatic carbocycles. The molecule has 0 heterocycles. The molecule has 1 saturated carbocycles. The van der Waals surface area contributed by atoms with Gasteiger partial charge >= 0.3 is 0 Å². The van der Waals surface area contributed by atoms with Gasteiger partial charge in [-0.2, -0.15) is 0 Å². The predicted octanol–water partition coefficient (Wildman–Crippen LogP) is 6.39. The van der Waals surface area contributed by atoms with E-state index in [1.807, 2.05) is 6.92 Å². The van der Waals surface area contributed by atoms with E-state index in [0.29, 0.717) is 0 Å². The summed E-state index contributed by atoms with van der Waals surface area (Å²) in [5.74, 6) is -0.0577. The van der Waals surface area contributed by atoms with Crippen molar-refractivity contribution < 1.29 is 14.6 Å². The highest BCUT2D eigenvalue weighted by molar-refractivity contribution is 6.74. The molecule has 0 spiro atoms. The third-order valence-electron chi connectivity index (χ3n) is 8.21. The van der Waals surface area contributed by atoms with Crippen LogP contribution in [0.2, 0.25) is 18.1 Å². The van der Waals surface area contributed by atoms with E-state index >= 15 is 0 Å². The zero-order valence-corrected chi connectivity index (χ0v) is 21.9. The summed E-state index contributed by atoms with van der Waals surface area (Å²) >= 11 is 0. The van der Waals surface area contributed by atoms with Gasteiger partial charge in [-0.15, -0.1) is 0 Å². The normalized spacial score (nSPS) is 39.9. The van der Waals surface area contributed by atoms with Gasteiger partial charge in [0.15, 0.2) is 8.32 Å². The Labute approximate surface area is 186 Å². The van der Waals surface area contributed by atoms with Gasteiger partial charge in [-0.3, -0.25) is 0 Å². The first-order chi connectivity index (χ1) is 13.6. The molecule has 0 radical (unpaired) electrons. The third-order valence-corrected chi connectivity index (χ3v) is 12.7. The summed E-state index contributed by atoms with van der Waals surface area (Å²) in [7, 11) is -2.09. The molecule has 0 amide bonds. The Balaban J connectivity index is 2.63. The first kappa shape index (κ1) is 25.6. The summed E-state index contributed by atoms with van der Waals surface area (Å²) in [6.07, 6.45) is 7.11. The fourth-order valence-electron chi connectivity index (χ4n) is 4.85. The predicted molar refractivity (Wildman–Crippen MR) is 130 cm³/mol. The molecular formula is C26H46O3Si. The van der Waals surface area contributed by atoms with E-state index in [2.05, 4.69) is 73.4 Å². The van der Waals surface area contributed by atoms with Crippen molar-refractivity contribution in [2.24, 2.45) is 17.8 Å². The van der Waals surface area contributed by atoms with Crippen LogP contribution >= 0.6 is 0 Å². The molecule has 0 aromatic rings. The van der Waals surface area contributed by atoms with Crippen LogP contribution in [-0.2, 0) is 4.43 Å².